The van der Waals surface area contributed by atoms with Gasteiger partial charge in [-0.3, -0.25) is 4.79 Å². The average molecular weight is 402 g/mol. The molecule has 3 rings (SSSR count). The minimum absolute atomic E-state index is 0.0158. The molecule has 3 amide bonds. The molecule has 0 aromatic heterocycles. The number of urea groups is 1. The number of halogens is 1. The van der Waals surface area contributed by atoms with E-state index in [1.165, 1.54) is 0 Å². The first-order valence-corrected chi connectivity index (χ1v) is 9.63. The molecule has 7 heteroatoms. The molecule has 1 heterocycles. The molecule has 1 saturated heterocycles. The molecule has 0 bridgehead atoms. The van der Waals surface area contributed by atoms with Gasteiger partial charge < -0.3 is 19.9 Å². The van der Waals surface area contributed by atoms with Crippen LogP contribution in [0.25, 0.3) is 0 Å². The van der Waals surface area contributed by atoms with Gasteiger partial charge in [0, 0.05) is 49.6 Å². The minimum atomic E-state index is -0.168. The predicted octanol–water partition coefficient (Wildman–Crippen LogP) is 3.87. The maximum absolute atomic E-state index is 12.9. The molecule has 0 aliphatic carbocycles. The first-order chi connectivity index (χ1) is 13.6. The van der Waals surface area contributed by atoms with Gasteiger partial charge in [-0.2, -0.15) is 0 Å². The Morgan fingerprint density at radius 3 is 2.50 bits per heavy atom. The summed E-state index contributed by atoms with van der Waals surface area (Å²) < 4.78 is 5.14. The smallest absolute Gasteiger partial charge is 0.321 e. The van der Waals surface area contributed by atoms with Crippen molar-refractivity contribution in [2.45, 2.75) is 13.0 Å². The normalized spacial score (nSPS) is 14.5. The quantitative estimate of drug-likeness (QED) is 0.846. The number of hydrogen-bond donors (Lipinski definition) is 1. The monoisotopic (exact) mass is 401 g/mol. The molecule has 2 aromatic carbocycles. The highest BCUT2D eigenvalue weighted by Crippen LogP contribution is 2.15. The van der Waals surface area contributed by atoms with Crippen molar-refractivity contribution in [3.05, 3.63) is 64.7 Å². The molecule has 148 valence electrons. The SMILES string of the molecule is COCc1cccc(C(=O)N2CCCN(C(=O)Nc3ccc(Cl)cc3)CC2)c1. The standard InChI is InChI=1S/C21H24ClN3O3/c1-28-15-16-4-2-5-17(14-16)20(26)24-10-3-11-25(13-12-24)21(27)23-19-8-6-18(22)7-9-19/h2,4-9,14H,3,10-13,15H2,1H3,(H,23,27). The van der Waals surface area contributed by atoms with Crippen molar-refractivity contribution >= 4 is 29.2 Å². The number of benzene rings is 2. The Morgan fingerprint density at radius 2 is 1.75 bits per heavy atom. The van der Waals surface area contributed by atoms with Crippen molar-refractivity contribution in [3.63, 3.8) is 0 Å². The summed E-state index contributed by atoms with van der Waals surface area (Å²) in [6.07, 6.45) is 0.734. The van der Waals surface area contributed by atoms with Gasteiger partial charge in [0.2, 0.25) is 0 Å². The van der Waals surface area contributed by atoms with Gasteiger partial charge in [0.25, 0.3) is 5.91 Å². The lowest BCUT2D eigenvalue weighted by Crippen LogP contribution is -2.39. The van der Waals surface area contributed by atoms with Crippen LogP contribution in [0.4, 0.5) is 10.5 Å². The maximum Gasteiger partial charge on any atom is 0.321 e. The number of rotatable bonds is 4. The molecular weight excluding hydrogens is 378 g/mol. The molecule has 1 aliphatic heterocycles. The van der Waals surface area contributed by atoms with E-state index in [1.54, 1.807) is 36.3 Å². The first-order valence-electron chi connectivity index (χ1n) is 9.25. The molecule has 0 radical (unpaired) electrons. The fourth-order valence-corrected chi connectivity index (χ4v) is 3.33. The van der Waals surface area contributed by atoms with E-state index in [9.17, 15) is 9.59 Å². The van der Waals surface area contributed by atoms with Crippen LogP contribution in [0.5, 0.6) is 0 Å². The molecule has 0 unspecified atom stereocenters. The van der Waals surface area contributed by atoms with Crippen LogP contribution in [0.1, 0.15) is 22.3 Å². The Bertz CT molecular complexity index is 826. The van der Waals surface area contributed by atoms with Crippen molar-refractivity contribution in [2.75, 3.05) is 38.6 Å². The van der Waals surface area contributed by atoms with Gasteiger partial charge in [-0.25, -0.2) is 4.79 Å². The first kappa shape index (κ1) is 20.2. The highest BCUT2D eigenvalue weighted by atomic mass is 35.5. The predicted molar refractivity (Wildman–Crippen MR) is 110 cm³/mol. The zero-order chi connectivity index (χ0) is 19.9. The van der Waals surface area contributed by atoms with Crippen LogP contribution in [0.3, 0.4) is 0 Å². The second-order valence-corrected chi connectivity index (χ2v) is 7.14. The van der Waals surface area contributed by atoms with Crippen LogP contribution in [0.2, 0.25) is 5.02 Å². The van der Waals surface area contributed by atoms with Crippen molar-refractivity contribution < 1.29 is 14.3 Å². The summed E-state index contributed by atoms with van der Waals surface area (Å²) in [4.78, 5) is 28.9. The van der Waals surface area contributed by atoms with E-state index in [4.69, 9.17) is 16.3 Å². The molecule has 6 nitrogen and oxygen atoms in total. The number of methoxy groups -OCH3 is 1. The lowest BCUT2D eigenvalue weighted by atomic mass is 10.1. The van der Waals surface area contributed by atoms with Crippen LogP contribution in [0, 0.1) is 0 Å². The van der Waals surface area contributed by atoms with Gasteiger partial charge in [0.1, 0.15) is 0 Å². The largest absolute Gasteiger partial charge is 0.380 e. The number of carbonyl (C=O) groups is 2. The molecule has 2 aromatic rings. The second-order valence-electron chi connectivity index (χ2n) is 6.70. The number of carbonyl (C=O) groups excluding carboxylic acids is 2. The summed E-state index contributed by atoms with van der Waals surface area (Å²) >= 11 is 5.87. The minimum Gasteiger partial charge on any atom is -0.380 e. The van der Waals surface area contributed by atoms with Crippen LogP contribution in [-0.2, 0) is 11.3 Å². The summed E-state index contributed by atoms with van der Waals surface area (Å²) in [5, 5.41) is 3.50. The summed E-state index contributed by atoms with van der Waals surface area (Å²) in [6.45, 7) is 2.69. The van der Waals surface area contributed by atoms with E-state index in [0.717, 1.165) is 12.0 Å². The third-order valence-electron chi connectivity index (χ3n) is 4.65. The van der Waals surface area contributed by atoms with Crippen molar-refractivity contribution in [1.82, 2.24) is 9.80 Å². The van der Waals surface area contributed by atoms with Crippen LogP contribution < -0.4 is 5.32 Å². The average Bonchev–Trinajstić information content (AvgIpc) is 2.96. The highest BCUT2D eigenvalue weighted by Gasteiger charge is 2.23. The number of hydrogen-bond acceptors (Lipinski definition) is 3. The summed E-state index contributed by atoms with van der Waals surface area (Å²) in [5.41, 5.74) is 2.31. The third-order valence-corrected chi connectivity index (χ3v) is 4.90. The second kappa shape index (κ2) is 9.57. The van der Waals surface area contributed by atoms with E-state index < -0.39 is 0 Å². The number of nitrogens with zero attached hydrogens (tertiary/aromatic N) is 2. The Balaban J connectivity index is 1.59. The fraction of sp³-hybridized carbons (Fsp3) is 0.333. The van der Waals surface area contributed by atoms with E-state index in [1.807, 2.05) is 29.2 Å². The van der Waals surface area contributed by atoms with Crippen LogP contribution >= 0.6 is 11.6 Å². The Hall–Kier alpha value is -2.57. The molecule has 0 atom stereocenters. The Morgan fingerprint density at radius 1 is 1.04 bits per heavy atom. The lowest BCUT2D eigenvalue weighted by Gasteiger charge is -2.22. The molecule has 0 spiro atoms. The summed E-state index contributed by atoms with van der Waals surface area (Å²) in [6, 6.07) is 14.3. The van der Waals surface area contributed by atoms with Gasteiger partial charge in [-0.05, 0) is 48.4 Å². The zero-order valence-corrected chi connectivity index (χ0v) is 16.6. The van der Waals surface area contributed by atoms with E-state index in [2.05, 4.69) is 5.32 Å². The number of anilines is 1. The number of nitrogens with one attached hydrogen (secondary N) is 1. The highest BCUT2D eigenvalue weighted by molar-refractivity contribution is 6.30. The number of amides is 3. The molecule has 0 saturated carbocycles. The molecule has 28 heavy (non-hydrogen) atoms. The topological polar surface area (TPSA) is 61.9 Å². The molecular formula is C21H24ClN3O3. The Kier molecular flexibility index (Phi) is 6.90. The zero-order valence-electron chi connectivity index (χ0n) is 15.9. The van der Waals surface area contributed by atoms with Gasteiger partial charge in [0.15, 0.2) is 0 Å². The van der Waals surface area contributed by atoms with E-state index in [0.29, 0.717) is 49.1 Å². The summed E-state index contributed by atoms with van der Waals surface area (Å²) in [5.74, 6) is -0.0158. The molecule has 1 fully saturated rings. The van der Waals surface area contributed by atoms with Gasteiger partial charge in [-0.1, -0.05) is 23.7 Å². The molecule has 1 N–H and O–H groups in total. The van der Waals surface area contributed by atoms with Crippen molar-refractivity contribution in [3.8, 4) is 0 Å². The fourth-order valence-electron chi connectivity index (χ4n) is 3.20. The van der Waals surface area contributed by atoms with E-state index in [-0.39, 0.29) is 11.9 Å². The maximum atomic E-state index is 12.9. The van der Waals surface area contributed by atoms with Gasteiger partial charge in [0.05, 0.1) is 6.61 Å². The van der Waals surface area contributed by atoms with E-state index >= 15 is 0 Å². The lowest BCUT2D eigenvalue weighted by molar-refractivity contribution is 0.0762. The third kappa shape index (κ3) is 5.24. The van der Waals surface area contributed by atoms with Gasteiger partial charge >= 0.3 is 6.03 Å². The molecule has 1 aliphatic rings. The Labute approximate surface area is 170 Å². The van der Waals surface area contributed by atoms with Crippen molar-refractivity contribution in [2.24, 2.45) is 0 Å². The number of ether oxygens (including phenoxy) is 1. The van der Waals surface area contributed by atoms with Crippen LogP contribution in [0.15, 0.2) is 48.5 Å². The summed E-state index contributed by atoms with van der Waals surface area (Å²) in [7, 11) is 1.63. The van der Waals surface area contributed by atoms with Crippen LogP contribution in [-0.4, -0.2) is 55.0 Å². The van der Waals surface area contributed by atoms with Crippen molar-refractivity contribution in [1.29, 1.82) is 0 Å². The van der Waals surface area contributed by atoms with Gasteiger partial charge in [-0.15, -0.1) is 0 Å².